The standard InChI is InChI=1S/C17H28N4.HI/c1-13-7-9-16(10-8-13)20-17(18)19-12-15(3)21-11-5-4-6-14(21)2;/h7-10,14-15H,4-6,11-12H2,1-3H3,(H3,18,19,20);1H. The highest BCUT2D eigenvalue weighted by molar-refractivity contribution is 14.0. The molecule has 0 spiro atoms. The Morgan fingerprint density at radius 2 is 2.05 bits per heavy atom. The molecule has 4 nitrogen and oxygen atoms in total. The summed E-state index contributed by atoms with van der Waals surface area (Å²) in [5, 5.41) is 3.15. The molecule has 0 aliphatic carbocycles. The van der Waals surface area contributed by atoms with Crippen LogP contribution in [0.1, 0.15) is 38.7 Å². The predicted molar refractivity (Wildman–Crippen MR) is 106 cm³/mol. The molecule has 1 aromatic rings. The zero-order valence-electron chi connectivity index (χ0n) is 13.9. The van der Waals surface area contributed by atoms with Crippen LogP contribution in [0.2, 0.25) is 0 Å². The summed E-state index contributed by atoms with van der Waals surface area (Å²) in [6, 6.07) is 9.28. The molecule has 2 rings (SSSR count). The lowest BCUT2D eigenvalue weighted by atomic mass is 10.0. The van der Waals surface area contributed by atoms with Crippen LogP contribution < -0.4 is 11.1 Å². The minimum atomic E-state index is 0. The molecule has 0 aromatic heterocycles. The maximum Gasteiger partial charge on any atom is 0.193 e. The fourth-order valence-corrected chi connectivity index (χ4v) is 2.93. The van der Waals surface area contributed by atoms with Gasteiger partial charge >= 0.3 is 0 Å². The van der Waals surface area contributed by atoms with E-state index >= 15 is 0 Å². The van der Waals surface area contributed by atoms with Crippen molar-refractivity contribution < 1.29 is 0 Å². The average molecular weight is 416 g/mol. The van der Waals surface area contributed by atoms with Gasteiger partial charge in [-0.05, 0) is 52.3 Å². The Morgan fingerprint density at radius 3 is 2.68 bits per heavy atom. The van der Waals surface area contributed by atoms with Crippen molar-refractivity contribution in [3.05, 3.63) is 29.8 Å². The molecule has 2 unspecified atom stereocenters. The molecule has 1 aromatic carbocycles. The summed E-state index contributed by atoms with van der Waals surface area (Å²) in [6.07, 6.45) is 3.95. The number of rotatable bonds is 4. The van der Waals surface area contributed by atoms with Crippen LogP contribution in [0.25, 0.3) is 0 Å². The number of guanidine groups is 1. The summed E-state index contributed by atoms with van der Waals surface area (Å²) < 4.78 is 0. The van der Waals surface area contributed by atoms with Gasteiger partial charge in [0.1, 0.15) is 0 Å². The van der Waals surface area contributed by atoms with Crippen LogP contribution in [0.3, 0.4) is 0 Å². The van der Waals surface area contributed by atoms with Gasteiger partial charge in [-0.1, -0.05) is 24.1 Å². The van der Waals surface area contributed by atoms with Gasteiger partial charge in [-0.15, -0.1) is 24.0 Å². The van der Waals surface area contributed by atoms with E-state index in [0.717, 1.165) is 12.2 Å². The highest BCUT2D eigenvalue weighted by Crippen LogP contribution is 2.19. The maximum absolute atomic E-state index is 5.98. The number of halogens is 1. The number of benzene rings is 1. The third-order valence-corrected chi connectivity index (χ3v) is 4.27. The number of nitrogens with zero attached hydrogens (tertiary/aromatic N) is 2. The van der Waals surface area contributed by atoms with E-state index in [1.54, 1.807) is 0 Å². The third kappa shape index (κ3) is 5.76. The lowest BCUT2D eigenvalue weighted by Gasteiger charge is -2.37. The van der Waals surface area contributed by atoms with E-state index in [1.165, 1.54) is 31.4 Å². The zero-order valence-corrected chi connectivity index (χ0v) is 16.2. The Morgan fingerprint density at radius 1 is 1.36 bits per heavy atom. The number of nitrogens with two attached hydrogens (primary N) is 1. The molecule has 3 N–H and O–H groups in total. The quantitative estimate of drug-likeness (QED) is 0.448. The molecule has 1 fully saturated rings. The number of likely N-dealkylation sites (tertiary alicyclic amines) is 1. The van der Waals surface area contributed by atoms with E-state index in [-0.39, 0.29) is 24.0 Å². The maximum atomic E-state index is 5.98. The van der Waals surface area contributed by atoms with Gasteiger partial charge in [0.15, 0.2) is 5.96 Å². The Bertz CT molecular complexity index is 472. The van der Waals surface area contributed by atoms with E-state index in [1.807, 2.05) is 12.1 Å². The van der Waals surface area contributed by atoms with Gasteiger partial charge in [0, 0.05) is 17.8 Å². The summed E-state index contributed by atoms with van der Waals surface area (Å²) in [5.74, 6) is 0.496. The molecule has 0 saturated carbocycles. The number of nitrogens with one attached hydrogen (secondary N) is 1. The summed E-state index contributed by atoms with van der Waals surface area (Å²) in [4.78, 5) is 7.04. The Kier molecular flexibility index (Phi) is 8.17. The molecule has 5 heteroatoms. The Labute approximate surface area is 151 Å². The van der Waals surface area contributed by atoms with Crippen LogP contribution in [0.4, 0.5) is 5.69 Å². The summed E-state index contributed by atoms with van der Waals surface area (Å²) in [7, 11) is 0. The van der Waals surface area contributed by atoms with Gasteiger partial charge in [-0.2, -0.15) is 0 Å². The second-order valence-corrected chi connectivity index (χ2v) is 6.15. The monoisotopic (exact) mass is 416 g/mol. The average Bonchev–Trinajstić information content (AvgIpc) is 2.48. The third-order valence-electron chi connectivity index (χ3n) is 4.27. The lowest BCUT2D eigenvalue weighted by Crippen LogP contribution is -2.45. The Hall–Kier alpha value is -0.820. The van der Waals surface area contributed by atoms with Crippen LogP contribution in [0.5, 0.6) is 0 Å². The molecule has 2 atom stereocenters. The first kappa shape index (κ1) is 19.2. The molecule has 0 amide bonds. The summed E-state index contributed by atoms with van der Waals surface area (Å²) >= 11 is 0. The van der Waals surface area contributed by atoms with Crippen LogP contribution in [-0.4, -0.2) is 36.0 Å². The first-order valence-electron chi connectivity index (χ1n) is 7.95. The summed E-state index contributed by atoms with van der Waals surface area (Å²) in [5.41, 5.74) is 8.20. The van der Waals surface area contributed by atoms with Gasteiger partial charge < -0.3 is 11.1 Å². The van der Waals surface area contributed by atoms with Gasteiger partial charge in [0.2, 0.25) is 0 Å². The van der Waals surface area contributed by atoms with Crippen molar-refractivity contribution in [2.75, 3.05) is 18.4 Å². The SMILES string of the molecule is Cc1ccc(NC(N)=NCC(C)N2CCCCC2C)cc1.I. The number of hydrogen-bond donors (Lipinski definition) is 2. The minimum absolute atomic E-state index is 0. The minimum Gasteiger partial charge on any atom is -0.370 e. The van der Waals surface area contributed by atoms with E-state index in [9.17, 15) is 0 Å². The number of aliphatic imine (C=N–C) groups is 1. The first-order valence-corrected chi connectivity index (χ1v) is 7.95. The number of piperidine rings is 1. The van der Waals surface area contributed by atoms with E-state index in [2.05, 4.69) is 48.1 Å². The molecular formula is C17H29IN4. The van der Waals surface area contributed by atoms with E-state index < -0.39 is 0 Å². The van der Waals surface area contributed by atoms with Crippen LogP contribution in [0.15, 0.2) is 29.3 Å². The second kappa shape index (κ2) is 9.35. The fourth-order valence-electron chi connectivity index (χ4n) is 2.93. The molecule has 1 aliphatic heterocycles. The molecule has 1 saturated heterocycles. The largest absolute Gasteiger partial charge is 0.370 e. The molecule has 22 heavy (non-hydrogen) atoms. The molecular weight excluding hydrogens is 387 g/mol. The number of aryl methyl sites for hydroxylation is 1. The zero-order chi connectivity index (χ0) is 15.2. The smallest absolute Gasteiger partial charge is 0.193 e. The number of anilines is 1. The normalized spacial score (nSPS) is 21.0. The Balaban J connectivity index is 0.00000242. The first-order chi connectivity index (χ1) is 10.1. The molecule has 1 heterocycles. The van der Waals surface area contributed by atoms with E-state index in [0.29, 0.717) is 18.0 Å². The van der Waals surface area contributed by atoms with Crippen LogP contribution in [0, 0.1) is 6.92 Å². The van der Waals surface area contributed by atoms with Crippen LogP contribution >= 0.6 is 24.0 Å². The van der Waals surface area contributed by atoms with Crippen LogP contribution in [-0.2, 0) is 0 Å². The van der Waals surface area contributed by atoms with Gasteiger partial charge in [0.25, 0.3) is 0 Å². The predicted octanol–water partition coefficient (Wildman–Crippen LogP) is 3.60. The van der Waals surface area contributed by atoms with Crippen molar-refractivity contribution in [2.45, 2.75) is 52.1 Å². The van der Waals surface area contributed by atoms with Gasteiger partial charge in [-0.25, -0.2) is 0 Å². The topological polar surface area (TPSA) is 53.6 Å². The fraction of sp³-hybridized carbons (Fsp3) is 0.588. The highest BCUT2D eigenvalue weighted by atomic mass is 127. The van der Waals surface area contributed by atoms with Crippen molar-refractivity contribution in [3.63, 3.8) is 0 Å². The van der Waals surface area contributed by atoms with Crippen molar-refractivity contribution in [3.8, 4) is 0 Å². The second-order valence-electron chi connectivity index (χ2n) is 6.15. The van der Waals surface area contributed by atoms with Gasteiger partial charge in [-0.3, -0.25) is 9.89 Å². The highest BCUT2D eigenvalue weighted by Gasteiger charge is 2.22. The molecule has 0 bridgehead atoms. The molecule has 0 radical (unpaired) electrons. The molecule has 124 valence electrons. The van der Waals surface area contributed by atoms with Crippen molar-refractivity contribution in [1.29, 1.82) is 0 Å². The lowest BCUT2D eigenvalue weighted by molar-refractivity contribution is 0.118. The molecule has 1 aliphatic rings. The van der Waals surface area contributed by atoms with Crippen molar-refractivity contribution >= 4 is 35.6 Å². The van der Waals surface area contributed by atoms with E-state index in [4.69, 9.17) is 5.73 Å². The van der Waals surface area contributed by atoms with Gasteiger partial charge in [0.05, 0.1) is 6.54 Å². The number of hydrogen-bond acceptors (Lipinski definition) is 2. The summed E-state index contributed by atoms with van der Waals surface area (Å²) in [6.45, 7) is 8.55. The van der Waals surface area contributed by atoms with Crippen molar-refractivity contribution in [1.82, 2.24) is 4.90 Å². The van der Waals surface area contributed by atoms with Crippen molar-refractivity contribution in [2.24, 2.45) is 10.7 Å².